The van der Waals surface area contributed by atoms with Gasteiger partial charge >= 0.3 is 0 Å². The molecule has 14 heavy (non-hydrogen) atoms. The molecule has 1 aliphatic rings. The SMILES string of the molecule is CC(C)NC(=O)CC1CCCCCC1. The molecule has 1 rings (SSSR count). The third-order valence-electron chi connectivity index (χ3n) is 2.90. The molecule has 1 fully saturated rings. The van der Waals surface area contributed by atoms with Crippen molar-refractivity contribution in [3.63, 3.8) is 0 Å². The molecule has 1 saturated carbocycles. The summed E-state index contributed by atoms with van der Waals surface area (Å²) in [7, 11) is 0. The lowest BCUT2D eigenvalue weighted by Crippen LogP contribution is -2.31. The topological polar surface area (TPSA) is 29.1 Å². The fourth-order valence-electron chi connectivity index (χ4n) is 2.21. The molecule has 0 atom stereocenters. The smallest absolute Gasteiger partial charge is 0.220 e. The molecule has 0 unspecified atom stereocenters. The van der Waals surface area contributed by atoms with Crippen molar-refractivity contribution in [1.29, 1.82) is 0 Å². The number of hydrogen-bond donors (Lipinski definition) is 1. The summed E-state index contributed by atoms with van der Waals surface area (Å²) in [6, 6.07) is 0.285. The normalized spacial score (nSPS) is 19.4. The molecule has 0 heterocycles. The molecular formula is C12H23NO. The number of amides is 1. The summed E-state index contributed by atoms with van der Waals surface area (Å²) in [5, 5.41) is 2.97. The Hall–Kier alpha value is -0.530. The molecule has 0 aromatic heterocycles. The molecule has 2 heteroatoms. The zero-order valence-corrected chi connectivity index (χ0v) is 9.51. The van der Waals surface area contributed by atoms with Crippen LogP contribution in [0.25, 0.3) is 0 Å². The van der Waals surface area contributed by atoms with E-state index in [1.807, 2.05) is 13.8 Å². The van der Waals surface area contributed by atoms with Crippen LogP contribution in [-0.2, 0) is 4.79 Å². The summed E-state index contributed by atoms with van der Waals surface area (Å²) in [5.74, 6) is 0.892. The minimum absolute atomic E-state index is 0.242. The van der Waals surface area contributed by atoms with Gasteiger partial charge in [0.2, 0.25) is 5.91 Å². The van der Waals surface area contributed by atoms with Crippen molar-refractivity contribution >= 4 is 5.91 Å². The van der Waals surface area contributed by atoms with E-state index < -0.39 is 0 Å². The number of hydrogen-bond acceptors (Lipinski definition) is 1. The molecule has 0 aliphatic heterocycles. The standard InChI is InChI=1S/C12H23NO/c1-10(2)13-12(14)9-11-7-5-3-4-6-8-11/h10-11H,3-9H2,1-2H3,(H,13,14). The average Bonchev–Trinajstić information content (AvgIpc) is 2.31. The lowest BCUT2D eigenvalue weighted by atomic mass is 9.96. The van der Waals surface area contributed by atoms with Gasteiger partial charge in [-0.2, -0.15) is 0 Å². The quantitative estimate of drug-likeness (QED) is 0.692. The van der Waals surface area contributed by atoms with E-state index >= 15 is 0 Å². The van der Waals surface area contributed by atoms with Gasteiger partial charge in [-0.3, -0.25) is 4.79 Å². The molecule has 82 valence electrons. The Balaban J connectivity index is 2.23. The van der Waals surface area contributed by atoms with Gasteiger partial charge in [-0.25, -0.2) is 0 Å². The number of rotatable bonds is 3. The lowest BCUT2D eigenvalue weighted by Gasteiger charge is -2.14. The van der Waals surface area contributed by atoms with E-state index in [0.29, 0.717) is 5.92 Å². The number of carbonyl (C=O) groups is 1. The summed E-state index contributed by atoms with van der Waals surface area (Å²) in [5.41, 5.74) is 0. The fourth-order valence-corrected chi connectivity index (χ4v) is 2.21. The first-order chi connectivity index (χ1) is 6.68. The van der Waals surface area contributed by atoms with E-state index in [1.54, 1.807) is 0 Å². The van der Waals surface area contributed by atoms with E-state index in [4.69, 9.17) is 0 Å². The third kappa shape index (κ3) is 4.64. The molecular weight excluding hydrogens is 174 g/mol. The zero-order chi connectivity index (χ0) is 10.4. The molecule has 2 nitrogen and oxygen atoms in total. The van der Waals surface area contributed by atoms with Gasteiger partial charge in [0.05, 0.1) is 0 Å². The minimum Gasteiger partial charge on any atom is -0.354 e. The predicted molar refractivity (Wildman–Crippen MR) is 59.1 cm³/mol. The van der Waals surface area contributed by atoms with Crippen molar-refractivity contribution in [3.05, 3.63) is 0 Å². The van der Waals surface area contributed by atoms with Gasteiger partial charge in [-0.1, -0.05) is 25.7 Å². The van der Waals surface area contributed by atoms with E-state index in [9.17, 15) is 4.79 Å². The van der Waals surface area contributed by atoms with Crippen molar-refractivity contribution in [3.8, 4) is 0 Å². The maximum atomic E-state index is 11.5. The molecule has 1 N–H and O–H groups in total. The van der Waals surface area contributed by atoms with Crippen LogP contribution < -0.4 is 5.32 Å². The van der Waals surface area contributed by atoms with Gasteiger partial charge in [-0.15, -0.1) is 0 Å². The van der Waals surface area contributed by atoms with Crippen LogP contribution in [0.4, 0.5) is 0 Å². The summed E-state index contributed by atoms with van der Waals surface area (Å²) < 4.78 is 0. The van der Waals surface area contributed by atoms with E-state index in [0.717, 1.165) is 6.42 Å². The van der Waals surface area contributed by atoms with Crippen LogP contribution in [0.1, 0.15) is 58.8 Å². The molecule has 0 spiro atoms. The van der Waals surface area contributed by atoms with Crippen LogP contribution in [0.3, 0.4) is 0 Å². The first-order valence-corrected chi connectivity index (χ1v) is 5.98. The highest BCUT2D eigenvalue weighted by atomic mass is 16.1. The molecule has 1 aliphatic carbocycles. The molecule has 0 aromatic carbocycles. The average molecular weight is 197 g/mol. The van der Waals surface area contributed by atoms with Crippen LogP contribution in [0, 0.1) is 5.92 Å². The fraction of sp³-hybridized carbons (Fsp3) is 0.917. The van der Waals surface area contributed by atoms with Crippen LogP contribution >= 0.6 is 0 Å². The summed E-state index contributed by atoms with van der Waals surface area (Å²) in [6.45, 7) is 4.04. The predicted octanol–water partition coefficient (Wildman–Crippen LogP) is 2.87. The zero-order valence-electron chi connectivity index (χ0n) is 9.51. The highest BCUT2D eigenvalue weighted by molar-refractivity contribution is 5.76. The molecule has 0 saturated heterocycles. The van der Waals surface area contributed by atoms with Gasteiger partial charge in [0.25, 0.3) is 0 Å². The highest BCUT2D eigenvalue weighted by Gasteiger charge is 2.16. The Morgan fingerprint density at radius 3 is 2.29 bits per heavy atom. The Kier molecular flexibility index (Phi) is 4.99. The molecule has 0 bridgehead atoms. The second-order valence-electron chi connectivity index (χ2n) is 4.78. The summed E-state index contributed by atoms with van der Waals surface area (Å²) in [6.07, 6.45) is 8.62. The van der Waals surface area contributed by atoms with Crippen LogP contribution in [0.5, 0.6) is 0 Å². The van der Waals surface area contributed by atoms with Crippen LogP contribution in [0.2, 0.25) is 0 Å². The second-order valence-corrected chi connectivity index (χ2v) is 4.78. The third-order valence-corrected chi connectivity index (χ3v) is 2.90. The molecule has 0 radical (unpaired) electrons. The lowest BCUT2D eigenvalue weighted by molar-refractivity contribution is -0.122. The van der Waals surface area contributed by atoms with E-state index in [-0.39, 0.29) is 11.9 Å². The maximum absolute atomic E-state index is 11.5. The second kappa shape index (κ2) is 6.05. The first-order valence-electron chi connectivity index (χ1n) is 5.98. The largest absolute Gasteiger partial charge is 0.354 e. The molecule has 0 aromatic rings. The number of nitrogens with one attached hydrogen (secondary N) is 1. The van der Waals surface area contributed by atoms with Gasteiger partial charge in [0.1, 0.15) is 0 Å². The van der Waals surface area contributed by atoms with E-state index in [1.165, 1.54) is 38.5 Å². The number of carbonyl (C=O) groups excluding carboxylic acids is 1. The Morgan fingerprint density at radius 1 is 1.21 bits per heavy atom. The monoisotopic (exact) mass is 197 g/mol. The van der Waals surface area contributed by atoms with Crippen molar-refractivity contribution in [2.75, 3.05) is 0 Å². The van der Waals surface area contributed by atoms with E-state index in [2.05, 4.69) is 5.32 Å². The van der Waals surface area contributed by atoms with Crippen molar-refractivity contribution in [2.45, 2.75) is 64.8 Å². The van der Waals surface area contributed by atoms with Gasteiger partial charge in [-0.05, 0) is 32.6 Å². The van der Waals surface area contributed by atoms with Crippen molar-refractivity contribution < 1.29 is 4.79 Å². The van der Waals surface area contributed by atoms with Crippen molar-refractivity contribution in [1.82, 2.24) is 5.32 Å². The minimum atomic E-state index is 0.242. The molecule has 1 amide bonds. The Labute approximate surface area is 87.5 Å². The van der Waals surface area contributed by atoms with Gasteiger partial charge < -0.3 is 5.32 Å². The van der Waals surface area contributed by atoms with Crippen LogP contribution in [0.15, 0.2) is 0 Å². The van der Waals surface area contributed by atoms with Crippen LogP contribution in [-0.4, -0.2) is 11.9 Å². The van der Waals surface area contributed by atoms with Crippen molar-refractivity contribution in [2.24, 2.45) is 5.92 Å². The first kappa shape index (κ1) is 11.5. The van der Waals surface area contributed by atoms with Gasteiger partial charge in [0.15, 0.2) is 0 Å². The summed E-state index contributed by atoms with van der Waals surface area (Å²) in [4.78, 5) is 11.5. The Morgan fingerprint density at radius 2 is 1.79 bits per heavy atom. The maximum Gasteiger partial charge on any atom is 0.220 e. The highest BCUT2D eigenvalue weighted by Crippen LogP contribution is 2.25. The van der Waals surface area contributed by atoms with Gasteiger partial charge in [0, 0.05) is 12.5 Å². The Bertz CT molecular complexity index is 169. The summed E-state index contributed by atoms with van der Waals surface area (Å²) >= 11 is 0.